The molecule has 0 saturated heterocycles. The average molecular weight is 467 g/mol. The molecule has 0 aromatic heterocycles. The van der Waals surface area contributed by atoms with Crippen LogP contribution >= 0.6 is 11.6 Å². The van der Waals surface area contributed by atoms with Crippen LogP contribution in [0, 0.1) is 17.6 Å². The number of carbonyl (C=O) groups excluding carboxylic acids is 1. The van der Waals surface area contributed by atoms with Gasteiger partial charge in [-0.25, -0.2) is 8.78 Å². The molecule has 2 aromatic carbocycles. The van der Waals surface area contributed by atoms with E-state index in [4.69, 9.17) is 21.1 Å². The summed E-state index contributed by atoms with van der Waals surface area (Å²) in [4.78, 5) is 12.1. The molecule has 0 aliphatic heterocycles. The Morgan fingerprint density at radius 1 is 0.906 bits per heavy atom. The Balaban J connectivity index is 1.96. The number of hydrogen-bond acceptors (Lipinski definition) is 3. The molecule has 0 aliphatic rings. The predicted octanol–water partition coefficient (Wildman–Crippen LogP) is 7.93. The molecule has 0 N–H and O–H groups in total. The molecular weight excluding hydrogens is 434 g/mol. The Morgan fingerprint density at radius 3 is 2.03 bits per heavy atom. The fourth-order valence-corrected chi connectivity index (χ4v) is 3.45. The SMILES string of the molecule is CCCCCCCCOc1ccc(-c2ccc(OC(=O)C(Cl)C(C)CC)c(F)c2)cc1F. The second-order valence-electron chi connectivity index (χ2n) is 8.12. The third kappa shape index (κ3) is 7.77. The van der Waals surface area contributed by atoms with Gasteiger partial charge in [0.15, 0.2) is 23.1 Å². The first kappa shape index (κ1) is 26.1. The zero-order valence-electron chi connectivity index (χ0n) is 19.1. The third-order valence-corrected chi connectivity index (χ3v) is 6.14. The summed E-state index contributed by atoms with van der Waals surface area (Å²) in [6.45, 7) is 6.38. The summed E-state index contributed by atoms with van der Waals surface area (Å²) in [6, 6.07) is 8.68. The van der Waals surface area contributed by atoms with Crippen molar-refractivity contribution < 1.29 is 23.0 Å². The number of benzene rings is 2. The maximum atomic E-state index is 14.5. The molecule has 0 bridgehead atoms. The van der Waals surface area contributed by atoms with Crippen LogP contribution in [0.4, 0.5) is 8.78 Å². The second-order valence-corrected chi connectivity index (χ2v) is 8.59. The monoisotopic (exact) mass is 466 g/mol. The highest BCUT2D eigenvalue weighted by molar-refractivity contribution is 6.30. The second kappa shape index (κ2) is 13.4. The summed E-state index contributed by atoms with van der Waals surface area (Å²) in [5, 5.41) is -0.850. The minimum absolute atomic E-state index is 0.0868. The van der Waals surface area contributed by atoms with Crippen LogP contribution in [0.25, 0.3) is 11.1 Å². The number of unbranched alkanes of at least 4 members (excludes halogenated alkanes) is 5. The number of carbonyl (C=O) groups is 1. The zero-order chi connectivity index (χ0) is 23.5. The molecule has 176 valence electrons. The van der Waals surface area contributed by atoms with Crippen LogP contribution in [0.15, 0.2) is 36.4 Å². The minimum atomic E-state index is -0.850. The van der Waals surface area contributed by atoms with Gasteiger partial charge in [-0.05, 0) is 47.7 Å². The van der Waals surface area contributed by atoms with Crippen molar-refractivity contribution in [3.05, 3.63) is 48.0 Å². The number of hydrogen-bond donors (Lipinski definition) is 0. The summed E-state index contributed by atoms with van der Waals surface area (Å²) < 4.78 is 39.6. The van der Waals surface area contributed by atoms with Crippen molar-refractivity contribution in [3.63, 3.8) is 0 Å². The van der Waals surface area contributed by atoms with Crippen molar-refractivity contribution in [2.24, 2.45) is 5.92 Å². The van der Waals surface area contributed by atoms with E-state index in [1.54, 1.807) is 18.2 Å². The van der Waals surface area contributed by atoms with E-state index in [2.05, 4.69) is 6.92 Å². The molecular formula is C26H33ClF2O3. The van der Waals surface area contributed by atoms with E-state index in [0.29, 0.717) is 24.2 Å². The molecule has 0 heterocycles. The van der Waals surface area contributed by atoms with E-state index in [9.17, 15) is 13.6 Å². The van der Waals surface area contributed by atoms with Crippen LogP contribution in [-0.2, 0) is 4.79 Å². The summed E-state index contributed by atoms with van der Waals surface area (Å²) in [6.07, 6.45) is 7.49. The van der Waals surface area contributed by atoms with Crippen molar-refractivity contribution in [2.75, 3.05) is 6.61 Å². The highest BCUT2D eigenvalue weighted by Crippen LogP contribution is 2.30. The van der Waals surface area contributed by atoms with E-state index >= 15 is 0 Å². The van der Waals surface area contributed by atoms with Gasteiger partial charge < -0.3 is 9.47 Å². The van der Waals surface area contributed by atoms with Crippen LogP contribution in [0.3, 0.4) is 0 Å². The van der Waals surface area contributed by atoms with Gasteiger partial charge in [-0.15, -0.1) is 11.6 Å². The van der Waals surface area contributed by atoms with Gasteiger partial charge in [0.05, 0.1) is 6.61 Å². The molecule has 32 heavy (non-hydrogen) atoms. The first-order valence-electron chi connectivity index (χ1n) is 11.4. The molecule has 2 unspecified atom stereocenters. The van der Waals surface area contributed by atoms with Crippen LogP contribution in [0.2, 0.25) is 0 Å². The number of halogens is 3. The lowest BCUT2D eigenvalue weighted by Crippen LogP contribution is -2.27. The van der Waals surface area contributed by atoms with Crippen LogP contribution in [0.1, 0.15) is 65.7 Å². The maximum absolute atomic E-state index is 14.5. The van der Waals surface area contributed by atoms with E-state index < -0.39 is 23.0 Å². The lowest BCUT2D eigenvalue weighted by atomic mass is 10.0. The number of alkyl halides is 1. The molecule has 2 atom stereocenters. The fraction of sp³-hybridized carbons (Fsp3) is 0.500. The fourth-order valence-electron chi connectivity index (χ4n) is 3.23. The molecule has 0 spiro atoms. The molecule has 3 nitrogen and oxygen atoms in total. The smallest absolute Gasteiger partial charge is 0.329 e. The van der Waals surface area contributed by atoms with Gasteiger partial charge in [0.2, 0.25) is 0 Å². The predicted molar refractivity (Wildman–Crippen MR) is 125 cm³/mol. The average Bonchev–Trinajstić information content (AvgIpc) is 2.79. The summed E-state index contributed by atoms with van der Waals surface area (Å²) >= 11 is 6.07. The zero-order valence-corrected chi connectivity index (χ0v) is 19.9. The van der Waals surface area contributed by atoms with Crippen molar-refractivity contribution >= 4 is 17.6 Å². The Kier molecular flexibility index (Phi) is 10.9. The normalized spacial score (nSPS) is 12.9. The van der Waals surface area contributed by atoms with Crippen molar-refractivity contribution in [1.82, 2.24) is 0 Å². The highest BCUT2D eigenvalue weighted by atomic mass is 35.5. The van der Waals surface area contributed by atoms with Crippen LogP contribution < -0.4 is 9.47 Å². The molecule has 2 aromatic rings. The van der Waals surface area contributed by atoms with Crippen LogP contribution in [0.5, 0.6) is 11.5 Å². The summed E-state index contributed by atoms with van der Waals surface area (Å²) in [7, 11) is 0. The number of rotatable bonds is 13. The van der Waals surface area contributed by atoms with Crippen LogP contribution in [-0.4, -0.2) is 18.0 Å². The summed E-state index contributed by atoms with van der Waals surface area (Å²) in [5.74, 6) is -2.00. The summed E-state index contributed by atoms with van der Waals surface area (Å²) in [5.41, 5.74) is 0.967. The molecule has 0 fully saturated rings. The van der Waals surface area contributed by atoms with Crippen molar-refractivity contribution in [1.29, 1.82) is 0 Å². The standard InChI is InChI=1S/C26H33ClF2O3/c1-4-6-7-8-9-10-15-31-23-13-11-19(16-21(23)28)20-12-14-24(22(29)17-20)32-26(30)25(27)18(3)5-2/h11-14,16-18,25H,4-10,15H2,1-3H3. The van der Waals surface area contributed by atoms with E-state index in [1.165, 1.54) is 43.9 Å². The van der Waals surface area contributed by atoms with Gasteiger partial charge in [0.1, 0.15) is 5.38 Å². The van der Waals surface area contributed by atoms with E-state index in [-0.39, 0.29) is 17.4 Å². The van der Waals surface area contributed by atoms with E-state index in [0.717, 1.165) is 12.8 Å². The minimum Gasteiger partial charge on any atom is -0.491 e. The molecule has 2 rings (SSSR count). The first-order valence-corrected chi connectivity index (χ1v) is 11.9. The van der Waals surface area contributed by atoms with Gasteiger partial charge in [-0.3, -0.25) is 4.79 Å². The third-order valence-electron chi connectivity index (χ3n) is 5.53. The molecule has 6 heteroatoms. The molecule has 0 aliphatic carbocycles. The Bertz CT molecular complexity index is 872. The van der Waals surface area contributed by atoms with Gasteiger partial charge in [-0.2, -0.15) is 0 Å². The lowest BCUT2D eigenvalue weighted by Gasteiger charge is -2.15. The lowest BCUT2D eigenvalue weighted by molar-refractivity contribution is -0.135. The Morgan fingerprint density at radius 2 is 1.47 bits per heavy atom. The highest BCUT2D eigenvalue weighted by Gasteiger charge is 2.24. The van der Waals surface area contributed by atoms with Gasteiger partial charge in [-0.1, -0.05) is 71.4 Å². The van der Waals surface area contributed by atoms with Crippen molar-refractivity contribution in [2.45, 2.75) is 71.1 Å². The quantitative estimate of drug-likeness (QED) is 0.130. The number of esters is 1. The maximum Gasteiger partial charge on any atom is 0.329 e. The molecule has 0 radical (unpaired) electrons. The largest absolute Gasteiger partial charge is 0.491 e. The van der Waals surface area contributed by atoms with Crippen molar-refractivity contribution in [3.8, 4) is 22.6 Å². The van der Waals surface area contributed by atoms with Gasteiger partial charge in [0, 0.05) is 0 Å². The van der Waals surface area contributed by atoms with Gasteiger partial charge in [0.25, 0.3) is 0 Å². The first-order chi connectivity index (χ1) is 15.4. The topological polar surface area (TPSA) is 35.5 Å². The molecule has 0 saturated carbocycles. The van der Waals surface area contributed by atoms with E-state index in [1.807, 2.05) is 13.8 Å². The number of ether oxygens (including phenoxy) is 2. The van der Waals surface area contributed by atoms with Gasteiger partial charge >= 0.3 is 5.97 Å². The Hall–Kier alpha value is -2.14. The molecule has 0 amide bonds. The Labute approximate surface area is 195 Å².